The monoisotopic (exact) mass is 280 g/mol. The Kier molecular flexibility index (Phi) is 3.39. The van der Waals surface area contributed by atoms with Crippen molar-refractivity contribution < 1.29 is 9.90 Å². The van der Waals surface area contributed by atoms with Crippen LogP contribution in [-0.2, 0) is 0 Å². The number of hydrogen-bond donors (Lipinski definition) is 3. The Morgan fingerprint density at radius 1 is 1.53 bits per heavy atom. The smallest absolute Gasteiger partial charge is 0.261 e. The summed E-state index contributed by atoms with van der Waals surface area (Å²) in [6.45, 7) is 3.05. The largest absolute Gasteiger partial charge is 0.396 e. The number of carbonyl (C=O) groups excluding carboxylic acids is 1. The maximum absolute atomic E-state index is 11.3. The van der Waals surface area contributed by atoms with Crippen molar-refractivity contribution in [3.05, 3.63) is 10.4 Å². The minimum atomic E-state index is -0.668. The molecule has 19 heavy (non-hydrogen) atoms. The van der Waals surface area contributed by atoms with Gasteiger partial charge < -0.3 is 21.5 Å². The standard InChI is InChI=1S/C12H16N4O2S/c1-12(18)2-4-16(5-3-12)11-7(6-13)8(14)9(19-11)10(15)17/h18H,2-5,14H2,1H3,(H2,15,17). The molecule has 1 saturated heterocycles. The summed E-state index contributed by atoms with van der Waals surface area (Å²) < 4.78 is 0. The van der Waals surface area contributed by atoms with Crippen molar-refractivity contribution in [2.75, 3.05) is 23.7 Å². The number of nitrogen functional groups attached to an aromatic ring is 1. The van der Waals surface area contributed by atoms with Crippen LogP contribution in [0.3, 0.4) is 0 Å². The van der Waals surface area contributed by atoms with Crippen molar-refractivity contribution in [2.24, 2.45) is 5.73 Å². The molecule has 0 saturated carbocycles. The van der Waals surface area contributed by atoms with Gasteiger partial charge in [0.2, 0.25) is 0 Å². The number of aliphatic hydroxyl groups is 1. The van der Waals surface area contributed by atoms with E-state index in [1.165, 1.54) is 0 Å². The summed E-state index contributed by atoms with van der Waals surface area (Å²) in [4.78, 5) is 13.5. The molecule has 2 rings (SSSR count). The highest BCUT2D eigenvalue weighted by Gasteiger charge is 2.30. The number of thiophene rings is 1. The lowest BCUT2D eigenvalue weighted by molar-refractivity contribution is 0.0352. The first-order valence-corrected chi connectivity index (χ1v) is 6.77. The molecule has 1 amide bonds. The maximum atomic E-state index is 11.3. The molecule has 0 aliphatic carbocycles. The normalized spacial score (nSPS) is 18.1. The molecule has 0 aromatic carbocycles. The second kappa shape index (κ2) is 4.72. The number of hydrogen-bond acceptors (Lipinski definition) is 6. The van der Waals surface area contributed by atoms with Crippen molar-refractivity contribution in [3.63, 3.8) is 0 Å². The van der Waals surface area contributed by atoms with Gasteiger partial charge in [0.1, 0.15) is 21.5 Å². The Labute approximate surface area is 115 Å². The molecule has 0 bridgehead atoms. The number of rotatable bonds is 2. The Morgan fingerprint density at radius 2 is 2.11 bits per heavy atom. The molecular weight excluding hydrogens is 264 g/mol. The predicted molar refractivity (Wildman–Crippen MR) is 74.0 cm³/mol. The lowest BCUT2D eigenvalue weighted by atomic mass is 9.94. The molecule has 5 N–H and O–H groups in total. The Balaban J connectivity index is 2.34. The second-order valence-corrected chi connectivity index (χ2v) is 5.98. The predicted octanol–water partition coefficient (Wildman–Crippen LogP) is 0.652. The average molecular weight is 280 g/mol. The SMILES string of the molecule is CC1(O)CCN(c2sc(C(N)=O)c(N)c2C#N)CC1. The molecule has 2 heterocycles. The Bertz CT molecular complexity index is 549. The van der Waals surface area contributed by atoms with E-state index < -0.39 is 11.5 Å². The van der Waals surface area contributed by atoms with Gasteiger partial charge in [-0.2, -0.15) is 5.26 Å². The van der Waals surface area contributed by atoms with Gasteiger partial charge in [-0.3, -0.25) is 4.79 Å². The summed E-state index contributed by atoms with van der Waals surface area (Å²) in [6.07, 6.45) is 1.23. The van der Waals surface area contributed by atoms with Crippen molar-refractivity contribution in [2.45, 2.75) is 25.4 Å². The number of primary amides is 1. The summed E-state index contributed by atoms with van der Waals surface area (Å²) >= 11 is 1.15. The van der Waals surface area contributed by atoms with Crippen molar-refractivity contribution in [1.82, 2.24) is 0 Å². The fourth-order valence-corrected chi connectivity index (χ4v) is 3.21. The van der Waals surface area contributed by atoms with E-state index >= 15 is 0 Å². The lowest BCUT2D eigenvalue weighted by Gasteiger charge is -2.36. The number of nitriles is 1. The zero-order chi connectivity index (χ0) is 14.2. The van der Waals surface area contributed by atoms with E-state index in [9.17, 15) is 15.2 Å². The first-order chi connectivity index (χ1) is 8.85. The summed E-state index contributed by atoms with van der Waals surface area (Å²) in [7, 11) is 0. The van der Waals surface area contributed by atoms with E-state index in [2.05, 4.69) is 0 Å². The number of anilines is 2. The number of carbonyl (C=O) groups is 1. The molecule has 1 aromatic rings. The van der Waals surface area contributed by atoms with Crippen LogP contribution >= 0.6 is 11.3 Å². The first kappa shape index (κ1) is 13.6. The zero-order valence-electron chi connectivity index (χ0n) is 10.6. The molecule has 7 heteroatoms. The van der Waals surface area contributed by atoms with Gasteiger partial charge in [0.05, 0.1) is 11.3 Å². The van der Waals surface area contributed by atoms with Gasteiger partial charge in [-0.05, 0) is 19.8 Å². The number of piperidine rings is 1. The van der Waals surface area contributed by atoms with E-state index in [-0.39, 0.29) is 10.6 Å². The Hall–Kier alpha value is -1.78. The molecule has 102 valence electrons. The minimum Gasteiger partial charge on any atom is -0.396 e. The van der Waals surface area contributed by atoms with E-state index in [1.54, 1.807) is 6.92 Å². The third-order valence-corrected chi connectivity index (χ3v) is 4.67. The van der Waals surface area contributed by atoms with E-state index in [4.69, 9.17) is 11.5 Å². The molecule has 0 atom stereocenters. The van der Waals surface area contributed by atoms with Gasteiger partial charge in [-0.25, -0.2) is 0 Å². The molecule has 6 nitrogen and oxygen atoms in total. The summed E-state index contributed by atoms with van der Waals surface area (Å²) in [5, 5.41) is 19.8. The van der Waals surface area contributed by atoms with Gasteiger partial charge >= 0.3 is 0 Å². The highest BCUT2D eigenvalue weighted by molar-refractivity contribution is 7.19. The van der Waals surface area contributed by atoms with Crippen molar-refractivity contribution >= 4 is 27.9 Å². The fraction of sp³-hybridized carbons (Fsp3) is 0.500. The number of nitrogens with zero attached hydrogens (tertiary/aromatic N) is 2. The van der Waals surface area contributed by atoms with E-state index in [0.717, 1.165) is 11.3 Å². The highest BCUT2D eigenvalue weighted by Crippen LogP contribution is 2.39. The third-order valence-electron chi connectivity index (χ3n) is 3.39. The molecule has 0 radical (unpaired) electrons. The molecule has 1 aliphatic heterocycles. The van der Waals surface area contributed by atoms with Gasteiger partial charge in [-0.15, -0.1) is 11.3 Å². The second-order valence-electron chi connectivity index (χ2n) is 4.99. The fourth-order valence-electron chi connectivity index (χ4n) is 2.14. The van der Waals surface area contributed by atoms with Crippen molar-refractivity contribution in [3.8, 4) is 6.07 Å². The average Bonchev–Trinajstić information content (AvgIpc) is 2.66. The van der Waals surface area contributed by atoms with Gasteiger partial charge in [-0.1, -0.05) is 0 Å². The number of amides is 1. The van der Waals surface area contributed by atoms with Crippen molar-refractivity contribution in [1.29, 1.82) is 5.26 Å². The van der Waals surface area contributed by atoms with E-state index in [1.807, 2.05) is 11.0 Å². The molecule has 1 aliphatic rings. The molecule has 1 fully saturated rings. The summed E-state index contributed by atoms with van der Waals surface area (Å²) in [6, 6.07) is 2.03. The number of nitrogens with two attached hydrogens (primary N) is 2. The van der Waals surface area contributed by atoms with Crippen LogP contribution in [-0.4, -0.2) is 29.7 Å². The zero-order valence-corrected chi connectivity index (χ0v) is 11.5. The third kappa shape index (κ3) is 2.50. The van der Waals surface area contributed by atoms with Crippen LogP contribution in [0.5, 0.6) is 0 Å². The van der Waals surface area contributed by atoms with Crippen LogP contribution in [0.25, 0.3) is 0 Å². The first-order valence-electron chi connectivity index (χ1n) is 5.95. The summed E-state index contributed by atoms with van der Waals surface area (Å²) in [5.41, 5.74) is 10.8. The van der Waals surface area contributed by atoms with Gasteiger partial charge in [0.25, 0.3) is 5.91 Å². The molecule has 1 aromatic heterocycles. The van der Waals surface area contributed by atoms with Crippen LogP contribution in [0.1, 0.15) is 35.0 Å². The van der Waals surface area contributed by atoms with Gasteiger partial charge in [0.15, 0.2) is 0 Å². The van der Waals surface area contributed by atoms with Crippen LogP contribution < -0.4 is 16.4 Å². The highest BCUT2D eigenvalue weighted by atomic mass is 32.1. The molecule has 0 spiro atoms. The van der Waals surface area contributed by atoms with Crippen LogP contribution in [0, 0.1) is 11.3 Å². The lowest BCUT2D eigenvalue weighted by Crippen LogP contribution is -2.42. The van der Waals surface area contributed by atoms with Crippen LogP contribution in [0.15, 0.2) is 0 Å². The topological polar surface area (TPSA) is 116 Å². The molecular formula is C12H16N4O2S. The molecule has 0 unspecified atom stereocenters. The van der Waals surface area contributed by atoms with Crippen LogP contribution in [0.4, 0.5) is 10.7 Å². The van der Waals surface area contributed by atoms with E-state index in [0.29, 0.717) is 36.5 Å². The minimum absolute atomic E-state index is 0.160. The quantitative estimate of drug-likeness (QED) is 0.735. The summed E-state index contributed by atoms with van der Waals surface area (Å²) in [5.74, 6) is -0.616. The van der Waals surface area contributed by atoms with Crippen LogP contribution in [0.2, 0.25) is 0 Å². The Morgan fingerprint density at radius 3 is 2.58 bits per heavy atom. The van der Waals surface area contributed by atoms with Gasteiger partial charge in [0, 0.05) is 13.1 Å². The maximum Gasteiger partial charge on any atom is 0.261 e.